The van der Waals surface area contributed by atoms with Crippen molar-refractivity contribution in [3.63, 3.8) is 0 Å². The van der Waals surface area contributed by atoms with Crippen molar-refractivity contribution in [3.8, 4) is 5.75 Å². The first-order valence-corrected chi connectivity index (χ1v) is 5.25. The first kappa shape index (κ1) is 12.5. The third kappa shape index (κ3) is 2.73. The van der Waals surface area contributed by atoms with Crippen molar-refractivity contribution in [1.29, 1.82) is 0 Å². The van der Waals surface area contributed by atoms with Crippen LogP contribution in [0.25, 0.3) is 0 Å². The molecule has 0 aromatic heterocycles. The first-order valence-electron chi connectivity index (χ1n) is 5.25. The maximum Gasteiger partial charge on any atom is 0.239 e. The minimum atomic E-state index is -0.456. The van der Waals surface area contributed by atoms with E-state index in [0.717, 1.165) is 5.56 Å². The predicted molar refractivity (Wildman–Crippen MR) is 63.2 cm³/mol. The number of carbonyl (C=O) groups excluding carboxylic acids is 1. The van der Waals surface area contributed by atoms with Gasteiger partial charge in [-0.15, -0.1) is 0 Å². The maximum atomic E-state index is 11.4. The molecule has 0 saturated heterocycles. The van der Waals surface area contributed by atoms with Crippen LogP contribution in [0.4, 0.5) is 0 Å². The molecular formula is C12H18N2O2. The van der Waals surface area contributed by atoms with Crippen molar-refractivity contribution in [3.05, 3.63) is 29.8 Å². The number of hydrogen-bond donors (Lipinski definition) is 1. The molecule has 1 atom stereocenters. The fourth-order valence-electron chi connectivity index (χ4n) is 1.68. The topological polar surface area (TPSA) is 55.6 Å². The molecule has 0 fully saturated rings. The number of carbonyl (C=O) groups is 1. The third-order valence-electron chi connectivity index (χ3n) is 2.30. The molecule has 0 radical (unpaired) electrons. The highest BCUT2D eigenvalue weighted by atomic mass is 16.5. The lowest BCUT2D eigenvalue weighted by Crippen LogP contribution is -2.33. The third-order valence-corrected chi connectivity index (χ3v) is 2.30. The molecule has 0 aliphatic carbocycles. The van der Waals surface area contributed by atoms with Crippen molar-refractivity contribution >= 4 is 5.91 Å². The van der Waals surface area contributed by atoms with E-state index in [-0.39, 0.29) is 5.91 Å². The summed E-state index contributed by atoms with van der Waals surface area (Å²) in [5.41, 5.74) is 6.21. The van der Waals surface area contributed by atoms with Gasteiger partial charge in [0.15, 0.2) is 0 Å². The molecule has 0 aliphatic rings. The molecule has 0 spiro atoms. The number of likely N-dealkylation sites (N-methyl/N-ethyl adjacent to an activating group) is 1. The van der Waals surface area contributed by atoms with Crippen LogP contribution in [-0.2, 0) is 4.79 Å². The molecule has 88 valence electrons. The van der Waals surface area contributed by atoms with Crippen molar-refractivity contribution < 1.29 is 9.53 Å². The van der Waals surface area contributed by atoms with E-state index in [1.807, 2.05) is 45.3 Å². The average molecular weight is 222 g/mol. The highest BCUT2D eigenvalue weighted by molar-refractivity contribution is 5.82. The van der Waals surface area contributed by atoms with Crippen LogP contribution in [0.1, 0.15) is 18.5 Å². The summed E-state index contributed by atoms with van der Waals surface area (Å²) in [5, 5.41) is 0. The zero-order chi connectivity index (χ0) is 12.1. The lowest BCUT2D eigenvalue weighted by Gasteiger charge is -2.23. The first-order chi connectivity index (χ1) is 7.57. The Hall–Kier alpha value is -1.55. The highest BCUT2D eigenvalue weighted by Gasteiger charge is 2.23. The van der Waals surface area contributed by atoms with Crippen molar-refractivity contribution in [2.45, 2.75) is 13.0 Å². The van der Waals surface area contributed by atoms with Crippen LogP contribution in [0.2, 0.25) is 0 Å². The van der Waals surface area contributed by atoms with Crippen molar-refractivity contribution in [2.75, 3.05) is 20.7 Å². The molecule has 4 heteroatoms. The molecule has 1 aromatic carbocycles. The second-order valence-electron chi connectivity index (χ2n) is 3.74. The van der Waals surface area contributed by atoms with Gasteiger partial charge in [0.2, 0.25) is 5.91 Å². The Balaban J connectivity index is 3.12. The summed E-state index contributed by atoms with van der Waals surface area (Å²) in [7, 11) is 3.64. The molecule has 0 saturated carbocycles. The van der Waals surface area contributed by atoms with Crippen molar-refractivity contribution in [2.24, 2.45) is 5.73 Å². The van der Waals surface area contributed by atoms with Gasteiger partial charge in [-0.1, -0.05) is 18.2 Å². The Morgan fingerprint density at radius 2 is 2.06 bits per heavy atom. The number of nitrogens with two attached hydrogens (primary N) is 1. The van der Waals surface area contributed by atoms with Gasteiger partial charge in [-0.2, -0.15) is 0 Å². The van der Waals surface area contributed by atoms with E-state index in [2.05, 4.69) is 0 Å². The molecular weight excluding hydrogens is 204 g/mol. The fraction of sp³-hybridized carbons (Fsp3) is 0.417. The predicted octanol–water partition coefficient (Wildman–Crippen LogP) is 1.17. The molecule has 1 aromatic rings. The van der Waals surface area contributed by atoms with Crippen molar-refractivity contribution in [1.82, 2.24) is 4.90 Å². The van der Waals surface area contributed by atoms with Gasteiger partial charge >= 0.3 is 0 Å². The Bertz CT molecular complexity index is 364. The summed E-state index contributed by atoms with van der Waals surface area (Å²) in [6, 6.07) is 7.00. The van der Waals surface area contributed by atoms with Gasteiger partial charge in [0, 0.05) is 5.56 Å². The summed E-state index contributed by atoms with van der Waals surface area (Å²) < 4.78 is 5.48. The van der Waals surface area contributed by atoms with Crippen LogP contribution >= 0.6 is 0 Å². The second-order valence-corrected chi connectivity index (χ2v) is 3.74. The Kier molecular flexibility index (Phi) is 4.31. The average Bonchev–Trinajstić information content (AvgIpc) is 2.20. The molecule has 16 heavy (non-hydrogen) atoms. The van der Waals surface area contributed by atoms with E-state index in [1.54, 1.807) is 4.90 Å². The number of para-hydroxylation sites is 1. The summed E-state index contributed by atoms with van der Waals surface area (Å²) in [6.45, 7) is 2.47. The number of hydrogen-bond acceptors (Lipinski definition) is 3. The fourth-order valence-corrected chi connectivity index (χ4v) is 1.68. The number of rotatable bonds is 5. The van der Waals surface area contributed by atoms with Crippen LogP contribution in [0.3, 0.4) is 0 Å². The van der Waals surface area contributed by atoms with Gasteiger partial charge in [0.05, 0.1) is 6.61 Å². The second kappa shape index (κ2) is 5.51. The van der Waals surface area contributed by atoms with Crippen LogP contribution in [0.5, 0.6) is 5.75 Å². The van der Waals surface area contributed by atoms with Gasteiger partial charge < -0.3 is 10.5 Å². The van der Waals surface area contributed by atoms with Crippen LogP contribution in [-0.4, -0.2) is 31.5 Å². The smallest absolute Gasteiger partial charge is 0.239 e. The highest BCUT2D eigenvalue weighted by Crippen LogP contribution is 2.27. The van der Waals surface area contributed by atoms with Crippen LogP contribution < -0.4 is 10.5 Å². The molecule has 4 nitrogen and oxygen atoms in total. The van der Waals surface area contributed by atoms with Gasteiger partial charge in [-0.3, -0.25) is 9.69 Å². The molecule has 0 heterocycles. The van der Waals surface area contributed by atoms with E-state index in [9.17, 15) is 4.79 Å². The monoisotopic (exact) mass is 222 g/mol. The standard InChI is InChI=1S/C12H18N2O2/c1-4-16-10-8-6-5-7-9(10)11(12(13)15)14(2)3/h5-8,11H,4H2,1-3H3,(H2,13,15). The summed E-state index contributed by atoms with van der Waals surface area (Å²) in [4.78, 5) is 13.2. The minimum Gasteiger partial charge on any atom is -0.494 e. The quantitative estimate of drug-likeness (QED) is 0.813. The number of ether oxygens (including phenoxy) is 1. The zero-order valence-electron chi connectivity index (χ0n) is 9.93. The van der Waals surface area contributed by atoms with Crippen LogP contribution in [0.15, 0.2) is 24.3 Å². The molecule has 0 bridgehead atoms. The summed E-state index contributed by atoms with van der Waals surface area (Å²) in [5.74, 6) is 0.333. The lowest BCUT2D eigenvalue weighted by molar-refractivity contribution is -0.122. The molecule has 1 rings (SSSR count). The molecule has 1 amide bonds. The van der Waals surface area contributed by atoms with E-state index in [4.69, 9.17) is 10.5 Å². The minimum absolute atomic E-state index is 0.378. The normalized spacial score (nSPS) is 12.5. The largest absolute Gasteiger partial charge is 0.494 e. The van der Waals surface area contributed by atoms with Gasteiger partial charge in [-0.05, 0) is 27.1 Å². The maximum absolute atomic E-state index is 11.4. The van der Waals surface area contributed by atoms with E-state index in [0.29, 0.717) is 12.4 Å². The number of nitrogens with zero attached hydrogens (tertiary/aromatic N) is 1. The Morgan fingerprint density at radius 1 is 1.44 bits per heavy atom. The molecule has 0 aliphatic heterocycles. The lowest BCUT2D eigenvalue weighted by atomic mass is 10.0. The van der Waals surface area contributed by atoms with E-state index < -0.39 is 6.04 Å². The van der Waals surface area contributed by atoms with Gasteiger partial charge in [0.1, 0.15) is 11.8 Å². The number of amides is 1. The number of primary amides is 1. The van der Waals surface area contributed by atoms with Crippen LogP contribution in [0, 0.1) is 0 Å². The van der Waals surface area contributed by atoms with Gasteiger partial charge in [-0.25, -0.2) is 0 Å². The summed E-state index contributed by atoms with van der Waals surface area (Å²) >= 11 is 0. The zero-order valence-corrected chi connectivity index (χ0v) is 9.93. The number of benzene rings is 1. The Morgan fingerprint density at radius 3 is 2.56 bits per heavy atom. The Labute approximate surface area is 96.0 Å². The molecule has 1 unspecified atom stereocenters. The van der Waals surface area contributed by atoms with E-state index in [1.165, 1.54) is 0 Å². The summed E-state index contributed by atoms with van der Waals surface area (Å²) in [6.07, 6.45) is 0. The molecule has 2 N–H and O–H groups in total. The van der Waals surface area contributed by atoms with Gasteiger partial charge in [0.25, 0.3) is 0 Å². The van der Waals surface area contributed by atoms with E-state index >= 15 is 0 Å². The SMILES string of the molecule is CCOc1ccccc1C(C(N)=O)N(C)C.